The lowest BCUT2D eigenvalue weighted by Gasteiger charge is -2.28. The standard InChI is InChI=1S/C20H28O6/c1-13(2)17(21)9-11-25-19(23)15-7-5-6-8-16(15)20(24)26-12-10-18(22)14(3)4/h15-16H,1,3,5-12H2,2,4H3. The van der Waals surface area contributed by atoms with Crippen molar-refractivity contribution in [2.24, 2.45) is 11.8 Å². The van der Waals surface area contributed by atoms with Crippen molar-refractivity contribution in [2.45, 2.75) is 52.4 Å². The fourth-order valence-electron chi connectivity index (χ4n) is 2.82. The van der Waals surface area contributed by atoms with E-state index in [1.807, 2.05) is 0 Å². The minimum Gasteiger partial charge on any atom is -0.465 e. The minimum absolute atomic E-state index is 0.0179. The number of hydrogen-bond acceptors (Lipinski definition) is 6. The van der Waals surface area contributed by atoms with Gasteiger partial charge in [-0.3, -0.25) is 19.2 Å². The van der Waals surface area contributed by atoms with Gasteiger partial charge in [0.05, 0.1) is 25.0 Å². The Hall–Kier alpha value is -2.24. The summed E-state index contributed by atoms with van der Waals surface area (Å²) in [4.78, 5) is 47.6. The fraction of sp³-hybridized carbons (Fsp3) is 0.600. The third-order valence-electron chi connectivity index (χ3n) is 4.47. The maximum absolute atomic E-state index is 12.3. The highest BCUT2D eigenvalue weighted by molar-refractivity contribution is 5.94. The molecule has 0 amide bonds. The maximum atomic E-state index is 12.3. The third-order valence-corrected chi connectivity index (χ3v) is 4.47. The second-order valence-corrected chi connectivity index (χ2v) is 6.74. The Labute approximate surface area is 154 Å². The van der Waals surface area contributed by atoms with Gasteiger partial charge in [-0.2, -0.15) is 0 Å². The quantitative estimate of drug-likeness (QED) is 0.437. The number of rotatable bonds is 10. The van der Waals surface area contributed by atoms with E-state index in [4.69, 9.17) is 9.47 Å². The molecule has 1 aliphatic carbocycles. The Morgan fingerprint density at radius 2 is 1.12 bits per heavy atom. The molecule has 0 aromatic rings. The molecule has 0 radical (unpaired) electrons. The van der Waals surface area contributed by atoms with Gasteiger partial charge < -0.3 is 9.47 Å². The van der Waals surface area contributed by atoms with Crippen molar-refractivity contribution < 1.29 is 28.7 Å². The highest BCUT2D eigenvalue weighted by atomic mass is 16.5. The Kier molecular flexibility index (Phi) is 8.96. The zero-order chi connectivity index (χ0) is 19.7. The van der Waals surface area contributed by atoms with Crippen LogP contribution in [0.25, 0.3) is 0 Å². The molecule has 0 bridgehead atoms. The summed E-state index contributed by atoms with van der Waals surface area (Å²) in [6, 6.07) is 0. The molecule has 26 heavy (non-hydrogen) atoms. The molecule has 0 spiro atoms. The van der Waals surface area contributed by atoms with Crippen LogP contribution in [0, 0.1) is 11.8 Å². The van der Waals surface area contributed by atoms with Gasteiger partial charge in [0.2, 0.25) is 0 Å². The Morgan fingerprint density at radius 1 is 0.769 bits per heavy atom. The first-order valence-electron chi connectivity index (χ1n) is 8.94. The van der Waals surface area contributed by atoms with Crippen LogP contribution in [0.15, 0.2) is 24.3 Å². The lowest BCUT2D eigenvalue weighted by atomic mass is 9.79. The van der Waals surface area contributed by atoms with Crippen LogP contribution in [-0.2, 0) is 28.7 Å². The van der Waals surface area contributed by atoms with E-state index < -0.39 is 23.8 Å². The van der Waals surface area contributed by atoms with E-state index in [1.165, 1.54) is 0 Å². The van der Waals surface area contributed by atoms with Gasteiger partial charge in [-0.15, -0.1) is 0 Å². The SMILES string of the molecule is C=C(C)C(=O)CCOC(=O)C1CCCCC1C(=O)OCCC(=O)C(=C)C. The highest BCUT2D eigenvalue weighted by Gasteiger charge is 2.37. The van der Waals surface area contributed by atoms with Gasteiger partial charge in [-0.1, -0.05) is 26.0 Å². The minimum atomic E-state index is -0.562. The van der Waals surface area contributed by atoms with Crippen molar-refractivity contribution in [3.05, 3.63) is 24.3 Å². The molecule has 0 aromatic heterocycles. The third kappa shape index (κ3) is 6.94. The molecule has 0 aromatic carbocycles. The number of ether oxygens (including phenoxy) is 2. The van der Waals surface area contributed by atoms with Crippen LogP contribution < -0.4 is 0 Å². The molecule has 1 aliphatic rings. The van der Waals surface area contributed by atoms with E-state index in [2.05, 4.69) is 13.2 Å². The lowest BCUT2D eigenvalue weighted by molar-refractivity contribution is -0.163. The summed E-state index contributed by atoms with van der Waals surface area (Å²) in [6.07, 6.45) is 2.96. The Bertz CT molecular complexity index is 537. The first-order valence-corrected chi connectivity index (χ1v) is 8.94. The van der Waals surface area contributed by atoms with E-state index >= 15 is 0 Å². The second-order valence-electron chi connectivity index (χ2n) is 6.74. The van der Waals surface area contributed by atoms with Crippen molar-refractivity contribution in [2.75, 3.05) is 13.2 Å². The van der Waals surface area contributed by atoms with Gasteiger partial charge in [-0.05, 0) is 37.8 Å². The monoisotopic (exact) mass is 364 g/mol. The van der Waals surface area contributed by atoms with Crippen LogP contribution in [-0.4, -0.2) is 36.7 Å². The van der Waals surface area contributed by atoms with Gasteiger partial charge in [0.1, 0.15) is 0 Å². The molecule has 0 aliphatic heterocycles. The van der Waals surface area contributed by atoms with E-state index in [0.717, 1.165) is 12.8 Å². The van der Waals surface area contributed by atoms with Gasteiger partial charge in [0, 0.05) is 12.8 Å². The molecule has 0 saturated heterocycles. The van der Waals surface area contributed by atoms with Crippen LogP contribution in [0.3, 0.4) is 0 Å². The summed E-state index contributed by atoms with van der Waals surface area (Å²) in [5, 5.41) is 0. The summed E-state index contributed by atoms with van der Waals surface area (Å²) in [5.74, 6) is -2.38. The van der Waals surface area contributed by atoms with Crippen molar-refractivity contribution >= 4 is 23.5 Å². The first kappa shape index (κ1) is 21.8. The first-order chi connectivity index (χ1) is 12.2. The molecule has 0 N–H and O–H groups in total. The Balaban J connectivity index is 2.51. The number of ketones is 2. The zero-order valence-corrected chi connectivity index (χ0v) is 15.7. The Morgan fingerprint density at radius 3 is 1.42 bits per heavy atom. The summed E-state index contributed by atoms with van der Waals surface area (Å²) >= 11 is 0. The largest absolute Gasteiger partial charge is 0.465 e. The van der Waals surface area contributed by atoms with Crippen molar-refractivity contribution in [3.8, 4) is 0 Å². The van der Waals surface area contributed by atoms with Crippen molar-refractivity contribution in [1.82, 2.24) is 0 Å². The maximum Gasteiger partial charge on any atom is 0.309 e. The van der Waals surface area contributed by atoms with Gasteiger partial charge in [0.15, 0.2) is 11.6 Å². The molecule has 1 rings (SSSR count). The van der Waals surface area contributed by atoms with Gasteiger partial charge in [0.25, 0.3) is 0 Å². The number of carbonyl (C=O) groups is 4. The van der Waals surface area contributed by atoms with Crippen LogP contribution in [0.5, 0.6) is 0 Å². The molecule has 6 heteroatoms. The number of carbonyl (C=O) groups excluding carboxylic acids is 4. The summed E-state index contributed by atoms with van der Waals surface area (Å²) in [6.45, 7) is 10.3. The van der Waals surface area contributed by atoms with Crippen LogP contribution in [0.1, 0.15) is 52.4 Å². The molecular weight excluding hydrogens is 336 g/mol. The second kappa shape index (κ2) is 10.7. The van der Waals surface area contributed by atoms with Crippen LogP contribution in [0.4, 0.5) is 0 Å². The molecule has 1 fully saturated rings. The van der Waals surface area contributed by atoms with E-state index in [9.17, 15) is 19.2 Å². The number of esters is 2. The molecule has 2 unspecified atom stereocenters. The number of allylic oxidation sites excluding steroid dienone is 2. The molecule has 144 valence electrons. The van der Waals surface area contributed by atoms with Crippen LogP contribution >= 0.6 is 0 Å². The molecular formula is C20H28O6. The van der Waals surface area contributed by atoms with E-state index in [-0.39, 0.29) is 37.6 Å². The number of hydrogen-bond donors (Lipinski definition) is 0. The molecule has 1 saturated carbocycles. The summed E-state index contributed by atoms with van der Waals surface area (Å²) in [7, 11) is 0. The summed E-state index contributed by atoms with van der Waals surface area (Å²) in [5.41, 5.74) is 0.842. The predicted octanol–water partition coefficient (Wildman–Crippen LogP) is 2.95. The molecule has 0 heterocycles. The van der Waals surface area contributed by atoms with E-state index in [0.29, 0.717) is 24.0 Å². The molecule has 2 atom stereocenters. The fourth-order valence-corrected chi connectivity index (χ4v) is 2.82. The average Bonchev–Trinajstić information content (AvgIpc) is 2.60. The van der Waals surface area contributed by atoms with Crippen LogP contribution in [0.2, 0.25) is 0 Å². The average molecular weight is 364 g/mol. The smallest absolute Gasteiger partial charge is 0.309 e. The molecule has 6 nitrogen and oxygen atoms in total. The highest BCUT2D eigenvalue weighted by Crippen LogP contribution is 2.32. The summed E-state index contributed by atoms with van der Waals surface area (Å²) < 4.78 is 10.4. The van der Waals surface area contributed by atoms with E-state index in [1.54, 1.807) is 13.8 Å². The lowest BCUT2D eigenvalue weighted by Crippen LogP contribution is -2.35. The predicted molar refractivity (Wildman–Crippen MR) is 96.2 cm³/mol. The normalized spacial score (nSPS) is 19.3. The van der Waals surface area contributed by atoms with Crippen molar-refractivity contribution in [3.63, 3.8) is 0 Å². The van der Waals surface area contributed by atoms with Crippen molar-refractivity contribution in [1.29, 1.82) is 0 Å². The van der Waals surface area contributed by atoms with Gasteiger partial charge in [-0.25, -0.2) is 0 Å². The number of Topliss-reactive ketones (excluding diaryl/α,β-unsaturated/α-hetero) is 2. The topological polar surface area (TPSA) is 86.7 Å². The van der Waals surface area contributed by atoms with Gasteiger partial charge >= 0.3 is 11.9 Å². The zero-order valence-electron chi connectivity index (χ0n) is 15.7.